The Hall–Kier alpha value is -3.06. The van der Waals surface area contributed by atoms with Gasteiger partial charge in [-0.3, -0.25) is 14.6 Å². The summed E-state index contributed by atoms with van der Waals surface area (Å²) in [6, 6.07) is 14.2. The number of anilines is 1. The Morgan fingerprint density at radius 3 is 2.52 bits per heavy atom. The number of hydrogen-bond acceptors (Lipinski definition) is 5. The van der Waals surface area contributed by atoms with Crippen LogP contribution in [0.5, 0.6) is 0 Å². The number of benzene rings is 1. The lowest BCUT2D eigenvalue weighted by molar-refractivity contribution is -0.120. The van der Waals surface area contributed by atoms with Gasteiger partial charge in [0, 0.05) is 18.4 Å². The third kappa shape index (κ3) is 4.86. The van der Waals surface area contributed by atoms with Crippen LogP contribution >= 0.6 is 11.3 Å². The zero-order valence-electron chi connectivity index (χ0n) is 16.8. The van der Waals surface area contributed by atoms with Gasteiger partial charge in [-0.15, -0.1) is 11.3 Å². The molecular weight excluding hydrogens is 384 g/mol. The molecule has 1 unspecified atom stereocenters. The first-order chi connectivity index (χ1) is 14.0. The lowest BCUT2D eigenvalue weighted by atomic mass is 10.2. The predicted molar refractivity (Wildman–Crippen MR) is 116 cm³/mol. The Bertz CT molecular complexity index is 973. The fourth-order valence-electron chi connectivity index (χ4n) is 2.95. The Kier molecular flexibility index (Phi) is 6.72. The van der Waals surface area contributed by atoms with Crippen molar-refractivity contribution in [1.29, 1.82) is 0 Å². The van der Waals surface area contributed by atoms with Crippen molar-refractivity contribution in [3.8, 4) is 10.7 Å². The van der Waals surface area contributed by atoms with Gasteiger partial charge in [0.15, 0.2) is 0 Å². The van der Waals surface area contributed by atoms with Crippen LogP contribution in [0.15, 0.2) is 54.7 Å². The highest BCUT2D eigenvalue weighted by molar-refractivity contribution is 7.17. The molecule has 150 valence electrons. The second-order valence-corrected chi connectivity index (χ2v) is 7.68. The number of rotatable bonds is 7. The zero-order chi connectivity index (χ0) is 20.8. The molecule has 0 spiro atoms. The first-order valence-electron chi connectivity index (χ1n) is 9.57. The lowest BCUT2D eigenvalue weighted by Gasteiger charge is -2.28. The summed E-state index contributed by atoms with van der Waals surface area (Å²) < 4.78 is 0. The third-order valence-electron chi connectivity index (χ3n) is 4.49. The summed E-state index contributed by atoms with van der Waals surface area (Å²) in [5, 5.41) is 3.58. The number of carbonyl (C=O) groups excluding carboxylic acids is 2. The van der Waals surface area contributed by atoms with E-state index in [0.717, 1.165) is 12.1 Å². The van der Waals surface area contributed by atoms with Gasteiger partial charge in [0.05, 0.1) is 11.4 Å². The van der Waals surface area contributed by atoms with Gasteiger partial charge in [-0.25, -0.2) is 4.98 Å². The van der Waals surface area contributed by atoms with Crippen molar-refractivity contribution < 1.29 is 9.59 Å². The summed E-state index contributed by atoms with van der Waals surface area (Å²) in [7, 11) is 0. The zero-order valence-corrected chi connectivity index (χ0v) is 17.6. The van der Waals surface area contributed by atoms with Gasteiger partial charge in [0.2, 0.25) is 5.91 Å². The molecule has 3 rings (SSSR count). The summed E-state index contributed by atoms with van der Waals surface area (Å²) >= 11 is 1.31. The van der Waals surface area contributed by atoms with E-state index in [4.69, 9.17) is 0 Å². The number of thiazole rings is 1. The fraction of sp³-hybridized carbons (Fsp3) is 0.273. The smallest absolute Gasteiger partial charge is 0.266 e. The number of aryl methyl sites for hydroxylation is 1. The monoisotopic (exact) mass is 408 g/mol. The highest BCUT2D eigenvalue weighted by Gasteiger charge is 2.29. The van der Waals surface area contributed by atoms with Crippen LogP contribution in [-0.4, -0.2) is 39.3 Å². The standard InChI is InChI=1S/C22H24N4O2S/c1-4-14-26(16(3)20(27)25-17-10-6-5-7-11-17)22(28)19-15(2)24-21(29-19)18-12-8-9-13-23-18/h5-13,16H,4,14H2,1-3H3,(H,25,27). The molecule has 3 aromatic rings. The molecular formula is C22H24N4O2S. The second-order valence-electron chi connectivity index (χ2n) is 6.68. The average Bonchev–Trinajstić information content (AvgIpc) is 3.14. The van der Waals surface area contributed by atoms with Gasteiger partial charge in [0.25, 0.3) is 5.91 Å². The molecule has 0 aliphatic carbocycles. The van der Waals surface area contributed by atoms with Gasteiger partial charge >= 0.3 is 0 Å². The molecule has 0 saturated carbocycles. The van der Waals surface area contributed by atoms with Crippen LogP contribution < -0.4 is 5.32 Å². The molecule has 1 atom stereocenters. The summed E-state index contributed by atoms with van der Waals surface area (Å²) in [5.74, 6) is -0.398. The number of nitrogens with zero attached hydrogens (tertiary/aromatic N) is 3. The van der Waals surface area contributed by atoms with Crippen LogP contribution in [0.1, 0.15) is 35.6 Å². The minimum absolute atomic E-state index is 0.181. The second kappa shape index (κ2) is 9.43. The molecule has 0 radical (unpaired) electrons. The summed E-state index contributed by atoms with van der Waals surface area (Å²) in [5.41, 5.74) is 2.09. The van der Waals surface area contributed by atoms with Crippen LogP contribution in [0.25, 0.3) is 10.7 Å². The van der Waals surface area contributed by atoms with Gasteiger partial charge in [-0.05, 0) is 44.5 Å². The molecule has 0 aliphatic rings. The fourth-order valence-corrected chi connectivity index (χ4v) is 3.94. The highest BCUT2D eigenvalue weighted by Crippen LogP contribution is 2.28. The minimum Gasteiger partial charge on any atom is -0.326 e. The molecule has 1 N–H and O–H groups in total. The van der Waals surface area contributed by atoms with E-state index in [9.17, 15) is 9.59 Å². The Morgan fingerprint density at radius 2 is 1.86 bits per heavy atom. The van der Waals surface area contributed by atoms with Crippen molar-refractivity contribution in [3.05, 3.63) is 65.3 Å². The maximum Gasteiger partial charge on any atom is 0.266 e. The van der Waals surface area contributed by atoms with E-state index < -0.39 is 6.04 Å². The van der Waals surface area contributed by atoms with Gasteiger partial charge in [0.1, 0.15) is 15.9 Å². The van der Waals surface area contributed by atoms with Crippen molar-refractivity contribution >= 4 is 28.8 Å². The molecule has 29 heavy (non-hydrogen) atoms. The molecule has 7 heteroatoms. The van der Waals surface area contributed by atoms with Crippen molar-refractivity contribution in [2.45, 2.75) is 33.2 Å². The van der Waals surface area contributed by atoms with Crippen LogP contribution in [0.2, 0.25) is 0 Å². The first kappa shape index (κ1) is 20.7. The summed E-state index contributed by atoms with van der Waals surface area (Å²) in [6.07, 6.45) is 2.45. The third-order valence-corrected chi connectivity index (χ3v) is 5.66. The van der Waals surface area contributed by atoms with Crippen LogP contribution in [0, 0.1) is 6.92 Å². The molecule has 2 aromatic heterocycles. The largest absolute Gasteiger partial charge is 0.326 e. The number of carbonyl (C=O) groups is 2. The van der Waals surface area contributed by atoms with Crippen LogP contribution in [0.3, 0.4) is 0 Å². The van der Waals surface area contributed by atoms with E-state index in [-0.39, 0.29) is 11.8 Å². The quantitative estimate of drug-likeness (QED) is 0.629. The van der Waals surface area contributed by atoms with Crippen molar-refractivity contribution in [2.75, 3.05) is 11.9 Å². The Balaban J connectivity index is 1.82. The Morgan fingerprint density at radius 1 is 1.14 bits per heavy atom. The van der Waals surface area contributed by atoms with E-state index in [1.54, 1.807) is 18.0 Å². The van der Waals surface area contributed by atoms with E-state index >= 15 is 0 Å². The van der Waals surface area contributed by atoms with E-state index in [2.05, 4.69) is 15.3 Å². The predicted octanol–water partition coefficient (Wildman–Crippen LogP) is 4.39. The van der Waals surface area contributed by atoms with Crippen LogP contribution in [0.4, 0.5) is 5.69 Å². The lowest BCUT2D eigenvalue weighted by Crippen LogP contribution is -2.46. The molecule has 1 aromatic carbocycles. The maximum atomic E-state index is 13.3. The van der Waals surface area contributed by atoms with Gasteiger partial charge in [-0.1, -0.05) is 31.2 Å². The summed E-state index contributed by atoms with van der Waals surface area (Å²) in [6.45, 7) is 6.04. The van der Waals surface area contributed by atoms with Gasteiger partial charge in [-0.2, -0.15) is 0 Å². The number of para-hydroxylation sites is 1. The molecule has 0 saturated heterocycles. The highest BCUT2D eigenvalue weighted by atomic mass is 32.1. The first-order valence-corrected chi connectivity index (χ1v) is 10.4. The topological polar surface area (TPSA) is 75.2 Å². The van der Waals surface area contributed by atoms with E-state index in [1.165, 1.54) is 11.3 Å². The maximum absolute atomic E-state index is 13.3. The molecule has 6 nitrogen and oxygen atoms in total. The van der Waals surface area contributed by atoms with Crippen molar-refractivity contribution in [3.63, 3.8) is 0 Å². The normalized spacial score (nSPS) is 11.7. The molecule has 0 fully saturated rings. The summed E-state index contributed by atoms with van der Waals surface area (Å²) in [4.78, 5) is 37.0. The minimum atomic E-state index is -0.609. The van der Waals surface area contributed by atoms with E-state index in [1.807, 2.05) is 62.4 Å². The van der Waals surface area contributed by atoms with E-state index in [0.29, 0.717) is 27.8 Å². The number of nitrogens with one attached hydrogen (secondary N) is 1. The molecule has 2 heterocycles. The SMILES string of the molecule is CCCN(C(=O)c1sc(-c2ccccn2)nc1C)C(C)C(=O)Nc1ccccc1. The Labute approximate surface area is 174 Å². The number of pyridine rings is 1. The molecule has 0 aliphatic heterocycles. The van der Waals surface area contributed by atoms with Crippen LogP contribution in [-0.2, 0) is 4.79 Å². The number of amides is 2. The number of aromatic nitrogens is 2. The van der Waals surface area contributed by atoms with Crippen molar-refractivity contribution in [2.24, 2.45) is 0 Å². The average molecular weight is 409 g/mol. The number of hydrogen-bond donors (Lipinski definition) is 1. The molecule has 2 amide bonds. The van der Waals surface area contributed by atoms with Gasteiger partial charge < -0.3 is 10.2 Å². The van der Waals surface area contributed by atoms with Crippen molar-refractivity contribution in [1.82, 2.24) is 14.9 Å². The molecule has 0 bridgehead atoms.